The highest BCUT2D eigenvalue weighted by molar-refractivity contribution is 5.75. The predicted molar refractivity (Wildman–Crippen MR) is 92.2 cm³/mol. The summed E-state index contributed by atoms with van der Waals surface area (Å²) in [4.78, 5) is 14.5. The molecule has 0 spiro atoms. The standard InChI is InChI=1S/C18H27N3O2/c1-23-17-10-6-5-9-16(17)21-12-11-15(13-21)20-18(22)19-14-7-3-2-4-8-14/h5-6,9-10,14-15H,2-4,7-8,11-13H2,1H3,(H2,19,20,22). The van der Waals surface area contributed by atoms with Gasteiger partial charge in [0.05, 0.1) is 12.8 Å². The quantitative estimate of drug-likeness (QED) is 0.898. The van der Waals surface area contributed by atoms with Crippen LogP contribution in [0.25, 0.3) is 0 Å². The van der Waals surface area contributed by atoms with Crippen molar-refractivity contribution in [3.8, 4) is 5.75 Å². The molecular weight excluding hydrogens is 290 g/mol. The van der Waals surface area contributed by atoms with E-state index in [1.54, 1.807) is 7.11 Å². The number of amides is 2. The summed E-state index contributed by atoms with van der Waals surface area (Å²) in [7, 11) is 1.70. The van der Waals surface area contributed by atoms with E-state index in [1.807, 2.05) is 18.2 Å². The molecule has 2 fully saturated rings. The Hall–Kier alpha value is -1.91. The lowest BCUT2D eigenvalue weighted by atomic mass is 9.96. The Morgan fingerprint density at radius 2 is 1.83 bits per heavy atom. The maximum Gasteiger partial charge on any atom is 0.315 e. The first-order valence-electron chi connectivity index (χ1n) is 8.71. The van der Waals surface area contributed by atoms with Crippen LogP contribution < -0.4 is 20.3 Å². The summed E-state index contributed by atoms with van der Waals surface area (Å²) in [6, 6.07) is 8.60. The molecule has 2 amide bonds. The van der Waals surface area contributed by atoms with E-state index in [1.165, 1.54) is 19.3 Å². The molecule has 1 unspecified atom stereocenters. The van der Waals surface area contributed by atoms with Gasteiger partial charge in [-0.2, -0.15) is 0 Å². The van der Waals surface area contributed by atoms with Crippen LogP contribution in [0.3, 0.4) is 0 Å². The second kappa shape index (κ2) is 7.57. The van der Waals surface area contributed by atoms with E-state index in [2.05, 4.69) is 21.6 Å². The Balaban J connectivity index is 1.50. The van der Waals surface area contributed by atoms with Gasteiger partial charge in [0.2, 0.25) is 0 Å². The molecule has 0 radical (unpaired) electrons. The van der Waals surface area contributed by atoms with Crippen molar-refractivity contribution in [2.24, 2.45) is 0 Å². The molecule has 1 aromatic rings. The topological polar surface area (TPSA) is 53.6 Å². The fourth-order valence-electron chi connectivity index (χ4n) is 3.65. The summed E-state index contributed by atoms with van der Waals surface area (Å²) < 4.78 is 5.43. The molecule has 1 atom stereocenters. The lowest BCUT2D eigenvalue weighted by Gasteiger charge is -2.24. The fourth-order valence-corrected chi connectivity index (χ4v) is 3.65. The Bertz CT molecular complexity index is 529. The Morgan fingerprint density at radius 3 is 2.61 bits per heavy atom. The molecule has 1 saturated heterocycles. The number of carbonyl (C=O) groups is 1. The van der Waals surface area contributed by atoms with Gasteiger partial charge < -0.3 is 20.3 Å². The van der Waals surface area contributed by atoms with Crippen molar-refractivity contribution in [1.82, 2.24) is 10.6 Å². The molecule has 3 rings (SSSR count). The fraction of sp³-hybridized carbons (Fsp3) is 0.611. The normalized spacial score (nSPS) is 22.0. The van der Waals surface area contributed by atoms with Crippen molar-refractivity contribution in [3.05, 3.63) is 24.3 Å². The molecule has 1 aliphatic heterocycles. The van der Waals surface area contributed by atoms with Crippen LogP contribution in [0.1, 0.15) is 38.5 Å². The summed E-state index contributed by atoms with van der Waals surface area (Å²) in [6.45, 7) is 1.77. The summed E-state index contributed by atoms with van der Waals surface area (Å²) in [5.74, 6) is 0.889. The van der Waals surface area contributed by atoms with Crippen LogP contribution in [0.5, 0.6) is 5.75 Å². The second-order valence-corrected chi connectivity index (χ2v) is 6.56. The summed E-state index contributed by atoms with van der Waals surface area (Å²) in [5.41, 5.74) is 1.10. The number of hydrogen-bond donors (Lipinski definition) is 2. The highest BCUT2D eigenvalue weighted by Crippen LogP contribution is 2.30. The van der Waals surface area contributed by atoms with Gasteiger partial charge in [0, 0.05) is 25.2 Å². The third kappa shape index (κ3) is 4.09. The van der Waals surface area contributed by atoms with Crippen LogP contribution in [0, 0.1) is 0 Å². The van der Waals surface area contributed by atoms with Crippen LogP contribution in [0.2, 0.25) is 0 Å². The Labute approximate surface area is 138 Å². The molecule has 5 heteroatoms. The average molecular weight is 317 g/mol. The minimum atomic E-state index is -0.0104. The van der Waals surface area contributed by atoms with Crippen LogP contribution in [0.15, 0.2) is 24.3 Å². The van der Waals surface area contributed by atoms with Crippen molar-refractivity contribution in [2.45, 2.75) is 50.6 Å². The smallest absolute Gasteiger partial charge is 0.315 e. The van der Waals surface area contributed by atoms with Crippen LogP contribution >= 0.6 is 0 Å². The minimum Gasteiger partial charge on any atom is -0.495 e. The van der Waals surface area contributed by atoms with Crippen molar-refractivity contribution in [3.63, 3.8) is 0 Å². The van der Waals surface area contributed by atoms with Gasteiger partial charge in [0.15, 0.2) is 0 Å². The Morgan fingerprint density at radius 1 is 1.09 bits per heavy atom. The molecule has 1 heterocycles. The van der Waals surface area contributed by atoms with Gasteiger partial charge in [-0.3, -0.25) is 0 Å². The predicted octanol–water partition coefficient (Wildman–Crippen LogP) is 2.91. The van der Waals surface area contributed by atoms with Crippen molar-refractivity contribution in [1.29, 1.82) is 0 Å². The van der Waals surface area contributed by atoms with Gasteiger partial charge in [-0.1, -0.05) is 31.4 Å². The zero-order valence-corrected chi connectivity index (χ0v) is 13.9. The van der Waals surface area contributed by atoms with Crippen molar-refractivity contribution < 1.29 is 9.53 Å². The largest absolute Gasteiger partial charge is 0.495 e. The van der Waals surface area contributed by atoms with Crippen LogP contribution in [0.4, 0.5) is 10.5 Å². The number of rotatable bonds is 4. The number of nitrogens with zero attached hydrogens (tertiary/aromatic N) is 1. The zero-order chi connectivity index (χ0) is 16.1. The summed E-state index contributed by atoms with van der Waals surface area (Å²) >= 11 is 0. The number of methoxy groups -OCH3 is 1. The van der Waals surface area contributed by atoms with E-state index in [0.717, 1.165) is 43.8 Å². The van der Waals surface area contributed by atoms with E-state index in [4.69, 9.17) is 4.74 Å². The van der Waals surface area contributed by atoms with Crippen LogP contribution in [-0.2, 0) is 0 Å². The van der Waals surface area contributed by atoms with Crippen molar-refractivity contribution >= 4 is 11.7 Å². The second-order valence-electron chi connectivity index (χ2n) is 6.56. The number of para-hydroxylation sites is 2. The Kier molecular flexibility index (Phi) is 5.26. The third-order valence-electron chi connectivity index (χ3n) is 4.89. The number of urea groups is 1. The van der Waals surface area contributed by atoms with E-state index in [-0.39, 0.29) is 12.1 Å². The maximum atomic E-state index is 12.2. The number of benzene rings is 1. The number of hydrogen-bond acceptors (Lipinski definition) is 3. The number of anilines is 1. The maximum absolute atomic E-state index is 12.2. The monoisotopic (exact) mass is 317 g/mol. The van der Waals surface area contributed by atoms with Crippen molar-refractivity contribution in [2.75, 3.05) is 25.1 Å². The van der Waals surface area contributed by atoms with E-state index in [9.17, 15) is 4.79 Å². The molecule has 0 bridgehead atoms. The molecule has 2 N–H and O–H groups in total. The van der Waals surface area contributed by atoms with Gasteiger partial charge >= 0.3 is 6.03 Å². The minimum absolute atomic E-state index is 0.0104. The first kappa shape index (κ1) is 16.0. The molecule has 23 heavy (non-hydrogen) atoms. The third-order valence-corrected chi connectivity index (χ3v) is 4.89. The average Bonchev–Trinajstić information content (AvgIpc) is 3.03. The lowest BCUT2D eigenvalue weighted by molar-refractivity contribution is 0.229. The number of ether oxygens (including phenoxy) is 1. The van der Waals surface area contributed by atoms with Gasteiger partial charge in [0.25, 0.3) is 0 Å². The highest BCUT2D eigenvalue weighted by Gasteiger charge is 2.26. The lowest BCUT2D eigenvalue weighted by Crippen LogP contribution is -2.47. The van der Waals surface area contributed by atoms with Gasteiger partial charge in [-0.25, -0.2) is 4.79 Å². The summed E-state index contributed by atoms with van der Waals surface area (Å²) in [5, 5.41) is 6.26. The molecule has 0 aromatic heterocycles. The molecular formula is C18H27N3O2. The van der Waals surface area contributed by atoms with Gasteiger partial charge in [0.1, 0.15) is 5.75 Å². The molecule has 2 aliphatic rings. The van der Waals surface area contributed by atoms with Crippen LogP contribution in [-0.4, -0.2) is 38.3 Å². The first-order chi connectivity index (χ1) is 11.3. The molecule has 5 nitrogen and oxygen atoms in total. The van der Waals surface area contributed by atoms with E-state index < -0.39 is 0 Å². The molecule has 126 valence electrons. The first-order valence-corrected chi connectivity index (χ1v) is 8.71. The van der Waals surface area contributed by atoms with Gasteiger partial charge in [-0.05, 0) is 31.4 Å². The molecule has 1 aromatic carbocycles. The van der Waals surface area contributed by atoms with E-state index in [0.29, 0.717) is 6.04 Å². The van der Waals surface area contributed by atoms with Gasteiger partial charge in [-0.15, -0.1) is 0 Å². The zero-order valence-electron chi connectivity index (χ0n) is 13.9. The number of nitrogens with one attached hydrogen (secondary N) is 2. The molecule has 1 saturated carbocycles. The van der Waals surface area contributed by atoms with E-state index >= 15 is 0 Å². The molecule has 1 aliphatic carbocycles. The SMILES string of the molecule is COc1ccccc1N1CCC(NC(=O)NC2CCCCC2)C1. The highest BCUT2D eigenvalue weighted by atomic mass is 16.5. The number of carbonyl (C=O) groups excluding carboxylic acids is 1. The summed E-state index contributed by atoms with van der Waals surface area (Å²) in [6.07, 6.45) is 6.97.